The summed E-state index contributed by atoms with van der Waals surface area (Å²) in [7, 11) is 1.28. The highest BCUT2D eigenvalue weighted by atomic mass is 35.5. The van der Waals surface area contributed by atoms with Crippen molar-refractivity contribution in [2.75, 3.05) is 7.11 Å². The van der Waals surface area contributed by atoms with Gasteiger partial charge in [0.2, 0.25) is 0 Å². The zero-order valence-corrected chi connectivity index (χ0v) is 10.4. The Morgan fingerprint density at radius 3 is 2.50 bits per heavy atom. The molecule has 0 saturated heterocycles. The molecule has 3 nitrogen and oxygen atoms in total. The molecule has 0 spiro atoms. The van der Waals surface area contributed by atoms with Crippen molar-refractivity contribution in [3.63, 3.8) is 0 Å². The molecule has 1 aromatic carbocycles. The molecule has 0 aromatic heterocycles. The average molecular weight is 263 g/mol. The van der Waals surface area contributed by atoms with E-state index in [1.807, 2.05) is 0 Å². The first-order chi connectivity index (χ1) is 7.47. The van der Waals surface area contributed by atoms with Gasteiger partial charge in [0.25, 0.3) is 0 Å². The lowest BCUT2D eigenvalue weighted by molar-refractivity contribution is -0.148. The van der Waals surface area contributed by atoms with Gasteiger partial charge < -0.3 is 9.84 Å². The van der Waals surface area contributed by atoms with Gasteiger partial charge in [0.1, 0.15) is 0 Å². The number of rotatable bonds is 3. The Morgan fingerprint density at radius 1 is 1.38 bits per heavy atom. The molecule has 0 saturated carbocycles. The molecule has 0 amide bonds. The molecule has 5 heteroatoms. The van der Waals surface area contributed by atoms with E-state index in [9.17, 15) is 9.90 Å². The van der Waals surface area contributed by atoms with Crippen molar-refractivity contribution in [1.82, 2.24) is 0 Å². The lowest BCUT2D eigenvalue weighted by Gasteiger charge is -2.17. The van der Waals surface area contributed by atoms with Crippen molar-refractivity contribution in [3.05, 3.63) is 33.8 Å². The zero-order valence-electron chi connectivity index (χ0n) is 8.91. The number of esters is 1. The Bertz CT molecular complexity index is 393. The van der Waals surface area contributed by atoms with E-state index in [4.69, 9.17) is 23.2 Å². The lowest BCUT2D eigenvalue weighted by atomic mass is 9.98. The van der Waals surface area contributed by atoms with Crippen LogP contribution in [0.15, 0.2) is 18.2 Å². The Morgan fingerprint density at radius 2 is 2.00 bits per heavy atom. The van der Waals surface area contributed by atoms with Crippen molar-refractivity contribution >= 4 is 29.2 Å². The number of ether oxygens (including phenoxy) is 1. The number of halogens is 2. The highest BCUT2D eigenvalue weighted by molar-refractivity contribution is 6.42. The number of aliphatic hydroxyl groups excluding tert-OH is 1. The Labute approximate surface area is 104 Å². The Balaban J connectivity index is 2.91. The second kappa shape index (κ2) is 5.53. The van der Waals surface area contributed by atoms with E-state index in [1.54, 1.807) is 19.1 Å². The summed E-state index contributed by atoms with van der Waals surface area (Å²) in [5, 5.41) is 10.7. The van der Waals surface area contributed by atoms with Crippen LogP contribution in [0.2, 0.25) is 10.0 Å². The zero-order chi connectivity index (χ0) is 12.3. The van der Waals surface area contributed by atoms with Gasteiger partial charge in [-0.25, -0.2) is 0 Å². The molecule has 1 aromatic rings. The van der Waals surface area contributed by atoms with E-state index in [2.05, 4.69) is 4.74 Å². The van der Waals surface area contributed by atoms with Crippen LogP contribution in [0.5, 0.6) is 0 Å². The predicted octanol–water partition coefficient (Wildman–Crippen LogP) is 2.84. The fraction of sp³-hybridized carbons (Fsp3) is 0.364. The molecular weight excluding hydrogens is 251 g/mol. The Kier molecular flexibility index (Phi) is 4.59. The normalized spacial score (nSPS) is 14.3. The minimum Gasteiger partial charge on any atom is -0.469 e. The maximum atomic E-state index is 11.2. The smallest absolute Gasteiger partial charge is 0.311 e. The summed E-state index contributed by atoms with van der Waals surface area (Å²) >= 11 is 11.6. The fourth-order valence-corrected chi connectivity index (χ4v) is 1.61. The summed E-state index contributed by atoms with van der Waals surface area (Å²) in [4.78, 5) is 11.2. The summed E-state index contributed by atoms with van der Waals surface area (Å²) < 4.78 is 4.55. The predicted molar refractivity (Wildman–Crippen MR) is 62.6 cm³/mol. The first-order valence-electron chi connectivity index (χ1n) is 4.68. The second-order valence-electron chi connectivity index (χ2n) is 3.43. The first-order valence-corrected chi connectivity index (χ1v) is 5.43. The third kappa shape index (κ3) is 2.88. The molecule has 0 radical (unpaired) electrons. The van der Waals surface area contributed by atoms with Gasteiger partial charge >= 0.3 is 5.97 Å². The van der Waals surface area contributed by atoms with Gasteiger partial charge in [0, 0.05) is 0 Å². The average Bonchev–Trinajstić information content (AvgIpc) is 2.29. The summed E-state index contributed by atoms with van der Waals surface area (Å²) in [6.07, 6.45) is -0.956. The van der Waals surface area contributed by atoms with Gasteiger partial charge in [0.15, 0.2) is 0 Å². The topological polar surface area (TPSA) is 46.5 Å². The number of carbonyl (C=O) groups is 1. The van der Waals surface area contributed by atoms with Gasteiger partial charge in [-0.1, -0.05) is 29.3 Å². The highest BCUT2D eigenvalue weighted by Crippen LogP contribution is 2.29. The van der Waals surface area contributed by atoms with Crippen LogP contribution >= 0.6 is 23.2 Å². The van der Waals surface area contributed by atoms with Crippen molar-refractivity contribution in [3.8, 4) is 0 Å². The molecule has 1 rings (SSSR count). The molecule has 0 aliphatic rings. The lowest BCUT2D eigenvalue weighted by Crippen LogP contribution is -2.20. The number of hydrogen-bond donors (Lipinski definition) is 1. The second-order valence-corrected chi connectivity index (χ2v) is 4.24. The third-order valence-electron chi connectivity index (χ3n) is 2.33. The van der Waals surface area contributed by atoms with Gasteiger partial charge in [0.05, 0.1) is 29.2 Å². The molecule has 2 unspecified atom stereocenters. The SMILES string of the molecule is COC(=O)C(C)C(O)c1ccc(Cl)c(Cl)c1. The summed E-state index contributed by atoms with van der Waals surface area (Å²) in [5.41, 5.74) is 0.535. The van der Waals surface area contributed by atoms with Crippen LogP contribution in [-0.4, -0.2) is 18.2 Å². The first kappa shape index (κ1) is 13.3. The molecule has 0 bridgehead atoms. The van der Waals surface area contributed by atoms with Crippen LogP contribution in [0, 0.1) is 5.92 Å². The quantitative estimate of drug-likeness (QED) is 0.853. The van der Waals surface area contributed by atoms with E-state index in [-0.39, 0.29) is 0 Å². The number of aliphatic hydroxyl groups is 1. The van der Waals surface area contributed by atoms with E-state index in [1.165, 1.54) is 13.2 Å². The van der Waals surface area contributed by atoms with E-state index in [0.29, 0.717) is 15.6 Å². The molecule has 1 N–H and O–H groups in total. The Hall–Kier alpha value is -0.770. The maximum Gasteiger partial charge on any atom is 0.311 e. The van der Waals surface area contributed by atoms with Gasteiger partial charge in [-0.15, -0.1) is 0 Å². The molecule has 88 valence electrons. The van der Waals surface area contributed by atoms with Crippen LogP contribution in [-0.2, 0) is 9.53 Å². The van der Waals surface area contributed by atoms with Crippen LogP contribution in [0.3, 0.4) is 0 Å². The van der Waals surface area contributed by atoms with Crippen LogP contribution in [0.4, 0.5) is 0 Å². The molecule has 0 aliphatic carbocycles. The van der Waals surface area contributed by atoms with Crippen LogP contribution in [0.1, 0.15) is 18.6 Å². The van der Waals surface area contributed by atoms with Crippen LogP contribution < -0.4 is 0 Å². The number of carbonyl (C=O) groups excluding carboxylic acids is 1. The summed E-state index contributed by atoms with van der Waals surface area (Å²) in [6, 6.07) is 4.73. The standard InChI is InChI=1S/C11H12Cl2O3/c1-6(11(15)16-2)10(14)7-3-4-8(12)9(13)5-7/h3-6,10,14H,1-2H3. The van der Waals surface area contributed by atoms with Gasteiger partial charge in [-0.05, 0) is 24.6 Å². The molecule has 16 heavy (non-hydrogen) atoms. The highest BCUT2D eigenvalue weighted by Gasteiger charge is 2.24. The molecule has 0 aliphatic heterocycles. The van der Waals surface area contributed by atoms with Crippen molar-refractivity contribution in [2.45, 2.75) is 13.0 Å². The van der Waals surface area contributed by atoms with Gasteiger partial charge in [-0.3, -0.25) is 4.79 Å². The van der Waals surface area contributed by atoms with E-state index in [0.717, 1.165) is 0 Å². The van der Waals surface area contributed by atoms with Gasteiger partial charge in [-0.2, -0.15) is 0 Å². The molecule has 0 fully saturated rings. The minimum absolute atomic E-state index is 0.343. The van der Waals surface area contributed by atoms with Crippen molar-refractivity contribution < 1.29 is 14.6 Å². The fourth-order valence-electron chi connectivity index (χ4n) is 1.30. The van der Waals surface area contributed by atoms with Crippen LogP contribution in [0.25, 0.3) is 0 Å². The van der Waals surface area contributed by atoms with E-state index < -0.39 is 18.0 Å². The largest absolute Gasteiger partial charge is 0.469 e. The van der Waals surface area contributed by atoms with E-state index >= 15 is 0 Å². The van der Waals surface area contributed by atoms with Crippen molar-refractivity contribution in [2.24, 2.45) is 5.92 Å². The molecular formula is C11H12Cl2O3. The molecule has 2 atom stereocenters. The summed E-state index contributed by atoms with van der Waals surface area (Å²) in [5.74, 6) is -1.12. The molecule has 0 heterocycles. The third-order valence-corrected chi connectivity index (χ3v) is 3.07. The maximum absolute atomic E-state index is 11.2. The number of hydrogen-bond acceptors (Lipinski definition) is 3. The van der Waals surface area contributed by atoms with Crippen molar-refractivity contribution in [1.29, 1.82) is 0 Å². The number of methoxy groups -OCH3 is 1. The summed E-state index contributed by atoms with van der Waals surface area (Å²) in [6.45, 7) is 1.58. The minimum atomic E-state index is -0.956. The number of benzene rings is 1. The monoisotopic (exact) mass is 262 g/mol.